The molecule has 0 N–H and O–H groups in total. The lowest BCUT2D eigenvalue weighted by Gasteiger charge is -2.10. The predicted molar refractivity (Wildman–Crippen MR) is 60.5 cm³/mol. The average molecular weight is 192 g/mol. The summed E-state index contributed by atoms with van der Waals surface area (Å²) in [5.41, 5.74) is 1.43. The van der Waals surface area contributed by atoms with Crippen molar-refractivity contribution < 1.29 is 4.74 Å². The van der Waals surface area contributed by atoms with Gasteiger partial charge in [0.25, 0.3) is 0 Å². The Balaban J connectivity index is 2.16. The highest BCUT2D eigenvalue weighted by Crippen LogP contribution is 2.07. The molecule has 0 saturated carbocycles. The Kier molecular flexibility index (Phi) is 5.31. The molecule has 0 saturated heterocycles. The van der Waals surface area contributed by atoms with Gasteiger partial charge in [0.1, 0.15) is 0 Å². The molecule has 0 aromatic heterocycles. The van der Waals surface area contributed by atoms with Crippen molar-refractivity contribution in [3.8, 4) is 0 Å². The third-order valence-electron chi connectivity index (χ3n) is 2.37. The molecule has 0 bridgehead atoms. The van der Waals surface area contributed by atoms with E-state index in [1.54, 1.807) is 0 Å². The zero-order valence-electron chi connectivity index (χ0n) is 9.20. The smallest absolute Gasteiger partial charge is 0.0547 e. The molecule has 1 nitrogen and oxygen atoms in total. The maximum absolute atomic E-state index is 5.48. The van der Waals surface area contributed by atoms with Crippen LogP contribution in [0, 0.1) is 0 Å². The second-order valence-corrected chi connectivity index (χ2v) is 3.64. The minimum Gasteiger partial charge on any atom is -0.379 e. The summed E-state index contributed by atoms with van der Waals surface area (Å²) in [6, 6.07) is 10.6. The molecule has 0 fully saturated rings. The Labute approximate surface area is 87.1 Å². The topological polar surface area (TPSA) is 9.23 Å². The molecule has 0 aliphatic heterocycles. The first-order valence-corrected chi connectivity index (χ1v) is 5.48. The van der Waals surface area contributed by atoms with Crippen molar-refractivity contribution in [1.82, 2.24) is 0 Å². The van der Waals surface area contributed by atoms with E-state index in [1.807, 2.05) is 6.92 Å². The summed E-state index contributed by atoms with van der Waals surface area (Å²) in [6.45, 7) is 5.02. The van der Waals surface area contributed by atoms with E-state index < -0.39 is 0 Å². The van der Waals surface area contributed by atoms with Crippen LogP contribution in [0.15, 0.2) is 30.3 Å². The van der Waals surface area contributed by atoms with Gasteiger partial charge in [0, 0.05) is 6.61 Å². The largest absolute Gasteiger partial charge is 0.379 e. The SMILES string of the molecule is CCO[C@H](C)CCCc1ccccc1. The average Bonchev–Trinajstić information content (AvgIpc) is 2.20. The van der Waals surface area contributed by atoms with E-state index in [-0.39, 0.29) is 0 Å². The van der Waals surface area contributed by atoms with Crippen molar-refractivity contribution in [3.05, 3.63) is 35.9 Å². The van der Waals surface area contributed by atoms with Crippen LogP contribution in [-0.4, -0.2) is 12.7 Å². The van der Waals surface area contributed by atoms with E-state index in [0.717, 1.165) is 19.4 Å². The molecule has 1 heteroatoms. The van der Waals surface area contributed by atoms with Gasteiger partial charge < -0.3 is 4.74 Å². The zero-order chi connectivity index (χ0) is 10.2. The summed E-state index contributed by atoms with van der Waals surface area (Å²) < 4.78 is 5.48. The van der Waals surface area contributed by atoms with E-state index >= 15 is 0 Å². The third-order valence-corrected chi connectivity index (χ3v) is 2.37. The Bertz CT molecular complexity index is 230. The summed E-state index contributed by atoms with van der Waals surface area (Å²) >= 11 is 0. The van der Waals surface area contributed by atoms with Gasteiger partial charge in [-0.25, -0.2) is 0 Å². The number of ether oxygens (including phenoxy) is 1. The monoisotopic (exact) mass is 192 g/mol. The molecule has 78 valence electrons. The molecular formula is C13H20O. The zero-order valence-corrected chi connectivity index (χ0v) is 9.20. The van der Waals surface area contributed by atoms with E-state index in [2.05, 4.69) is 37.3 Å². The first kappa shape index (κ1) is 11.3. The van der Waals surface area contributed by atoms with Crippen LogP contribution < -0.4 is 0 Å². The predicted octanol–water partition coefficient (Wildman–Crippen LogP) is 3.43. The lowest BCUT2D eigenvalue weighted by atomic mass is 10.1. The summed E-state index contributed by atoms with van der Waals surface area (Å²) in [5.74, 6) is 0. The van der Waals surface area contributed by atoms with Gasteiger partial charge in [-0.05, 0) is 38.7 Å². The van der Waals surface area contributed by atoms with Gasteiger partial charge >= 0.3 is 0 Å². The maximum atomic E-state index is 5.48. The van der Waals surface area contributed by atoms with Gasteiger partial charge in [0.2, 0.25) is 0 Å². The van der Waals surface area contributed by atoms with Crippen molar-refractivity contribution in [2.45, 2.75) is 39.2 Å². The molecule has 0 aliphatic carbocycles. The van der Waals surface area contributed by atoms with Crippen LogP contribution in [0.1, 0.15) is 32.3 Å². The van der Waals surface area contributed by atoms with Crippen LogP contribution in [0.4, 0.5) is 0 Å². The first-order chi connectivity index (χ1) is 6.83. The quantitative estimate of drug-likeness (QED) is 0.671. The fourth-order valence-electron chi connectivity index (χ4n) is 1.61. The number of benzene rings is 1. The number of hydrogen-bond donors (Lipinski definition) is 0. The molecule has 0 heterocycles. The molecule has 1 aromatic carbocycles. The van der Waals surface area contributed by atoms with Crippen LogP contribution in [0.25, 0.3) is 0 Å². The van der Waals surface area contributed by atoms with Crippen molar-refractivity contribution in [2.24, 2.45) is 0 Å². The molecule has 0 aliphatic rings. The van der Waals surface area contributed by atoms with E-state index in [1.165, 1.54) is 12.0 Å². The Morgan fingerprint density at radius 2 is 1.93 bits per heavy atom. The molecule has 1 rings (SSSR count). The fourth-order valence-corrected chi connectivity index (χ4v) is 1.61. The van der Waals surface area contributed by atoms with Crippen LogP contribution in [0.5, 0.6) is 0 Å². The van der Waals surface area contributed by atoms with Crippen molar-refractivity contribution in [2.75, 3.05) is 6.61 Å². The molecule has 0 unspecified atom stereocenters. The van der Waals surface area contributed by atoms with Crippen LogP contribution in [0.3, 0.4) is 0 Å². The Morgan fingerprint density at radius 1 is 1.21 bits per heavy atom. The summed E-state index contributed by atoms with van der Waals surface area (Å²) in [5, 5.41) is 0. The number of hydrogen-bond acceptors (Lipinski definition) is 1. The molecule has 0 amide bonds. The van der Waals surface area contributed by atoms with Gasteiger partial charge in [0.15, 0.2) is 0 Å². The first-order valence-electron chi connectivity index (χ1n) is 5.48. The van der Waals surface area contributed by atoms with Crippen LogP contribution in [-0.2, 0) is 11.2 Å². The number of rotatable bonds is 6. The molecule has 14 heavy (non-hydrogen) atoms. The number of aryl methyl sites for hydroxylation is 1. The maximum Gasteiger partial charge on any atom is 0.0547 e. The minimum absolute atomic E-state index is 0.406. The van der Waals surface area contributed by atoms with Gasteiger partial charge in [0.05, 0.1) is 6.10 Å². The standard InChI is InChI=1S/C13H20O/c1-3-14-12(2)8-7-11-13-9-5-4-6-10-13/h4-6,9-10,12H,3,7-8,11H2,1-2H3/t12-/m1/s1. The highest BCUT2D eigenvalue weighted by Gasteiger charge is 2.00. The van der Waals surface area contributed by atoms with Crippen LogP contribution in [0.2, 0.25) is 0 Å². The van der Waals surface area contributed by atoms with E-state index in [4.69, 9.17) is 4.74 Å². The normalized spacial score (nSPS) is 12.7. The molecule has 0 spiro atoms. The molecule has 0 radical (unpaired) electrons. The van der Waals surface area contributed by atoms with E-state index in [9.17, 15) is 0 Å². The Hall–Kier alpha value is -0.820. The molecular weight excluding hydrogens is 172 g/mol. The second kappa shape index (κ2) is 6.61. The Morgan fingerprint density at radius 3 is 2.57 bits per heavy atom. The van der Waals surface area contributed by atoms with E-state index in [0.29, 0.717) is 6.10 Å². The lowest BCUT2D eigenvalue weighted by Crippen LogP contribution is -2.07. The highest BCUT2D eigenvalue weighted by molar-refractivity contribution is 5.14. The van der Waals surface area contributed by atoms with Gasteiger partial charge in [-0.15, -0.1) is 0 Å². The van der Waals surface area contributed by atoms with Crippen molar-refractivity contribution >= 4 is 0 Å². The lowest BCUT2D eigenvalue weighted by molar-refractivity contribution is 0.0690. The minimum atomic E-state index is 0.406. The summed E-state index contributed by atoms with van der Waals surface area (Å²) in [7, 11) is 0. The van der Waals surface area contributed by atoms with Gasteiger partial charge in [-0.1, -0.05) is 30.3 Å². The molecule has 1 aromatic rings. The van der Waals surface area contributed by atoms with Gasteiger partial charge in [-0.2, -0.15) is 0 Å². The highest BCUT2D eigenvalue weighted by atomic mass is 16.5. The van der Waals surface area contributed by atoms with Crippen molar-refractivity contribution in [1.29, 1.82) is 0 Å². The van der Waals surface area contributed by atoms with Crippen molar-refractivity contribution in [3.63, 3.8) is 0 Å². The summed E-state index contributed by atoms with van der Waals surface area (Å²) in [4.78, 5) is 0. The second-order valence-electron chi connectivity index (χ2n) is 3.64. The molecule has 1 atom stereocenters. The fraction of sp³-hybridized carbons (Fsp3) is 0.538. The summed E-state index contributed by atoms with van der Waals surface area (Å²) in [6.07, 6.45) is 3.94. The third kappa shape index (κ3) is 4.43. The van der Waals surface area contributed by atoms with Gasteiger partial charge in [-0.3, -0.25) is 0 Å². The van der Waals surface area contributed by atoms with Crippen LogP contribution >= 0.6 is 0 Å².